The van der Waals surface area contributed by atoms with Crippen molar-refractivity contribution < 1.29 is 4.79 Å². The van der Waals surface area contributed by atoms with Gasteiger partial charge in [-0.2, -0.15) is 0 Å². The molecule has 0 heterocycles. The van der Waals surface area contributed by atoms with Crippen molar-refractivity contribution in [3.63, 3.8) is 0 Å². The predicted molar refractivity (Wildman–Crippen MR) is 60.3 cm³/mol. The van der Waals surface area contributed by atoms with Crippen LogP contribution < -0.4 is 11.1 Å². The van der Waals surface area contributed by atoms with E-state index >= 15 is 0 Å². The van der Waals surface area contributed by atoms with Crippen molar-refractivity contribution in [2.24, 2.45) is 17.1 Å². The molecule has 3 heteroatoms. The third-order valence-electron chi connectivity index (χ3n) is 4.04. The van der Waals surface area contributed by atoms with Gasteiger partial charge >= 0.3 is 0 Å². The molecule has 2 fully saturated rings. The number of nitrogens with two attached hydrogens (primary N) is 1. The molecule has 0 aliphatic heterocycles. The summed E-state index contributed by atoms with van der Waals surface area (Å²) in [5, 5.41) is 3.04. The van der Waals surface area contributed by atoms with Crippen LogP contribution >= 0.6 is 0 Å². The van der Waals surface area contributed by atoms with Crippen LogP contribution in [-0.2, 0) is 4.79 Å². The van der Waals surface area contributed by atoms with Gasteiger partial charge in [0.1, 0.15) is 0 Å². The first-order chi connectivity index (χ1) is 7.27. The Kier molecular flexibility index (Phi) is 3.29. The van der Waals surface area contributed by atoms with E-state index in [4.69, 9.17) is 5.73 Å². The standard InChI is InChI=1S/C12H22N2O/c13-9-12(6-7-12)11(15)14-8-5-10-3-1-2-4-10/h10H,1-9,13H2,(H,14,15). The molecular formula is C12H22N2O. The van der Waals surface area contributed by atoms with Gasteiger partial charge in [0.15, 0.2) is 0 Å². The number of hydrogen-bond donors (Lipinski definition) is 2. The highest BCUT2D eigenvalue weighted by atomic mass is 16.2. The summed E-state index contributed by atoms with van der Waals surface area (Å²) in [5.74, 6) is 1.06. The third kappa shape index (κ3) is 2.51. The lowest BCUT2D eigenvalue weighted by atomic mass is 10.0. The molecule has 86 valence electrons. The molecule has 0 spiro atoms. The summed E-state index contributed by atoms with van der Waals surface area (Å²) >= 11 is 0. The maximum Gasteiger partial charge on any atom is 0.227 e. The van der Waals surface area contributed by atoms with Gasteiger partial charge in [-0.1, -0.05) is 25.7 Å². The normalized spacial score (nSPS) is 24.1. The monoisotopic (exact) mass is 210 g/mol. The first kappa shape index (κ1) is 10.9. The van der Waals surface area contributed by atoms with E-state index < -0.39 is 0 Å². The molecule has 2 rings (SSSR count). The summed E-state index contributed by atoms with van der Waals surface area (Å²) in [6.45, 7) is 1.37. The Morgan fingerprint density at radius 2 is 2.00 bits per heavy atom. The van der Waals surface area contributed by atoms with Crippen molar-refractivity contribution in [3.8, 4) is 0 Å². The number of nitrogens with one attached hydrogen (secondary N) is 1. The molecule has 0 aromatic heterocycles. The SMILES string of the molecule is NCC1(C(=O)NCCC2CCCC2)CC1. The van der Waals surface area contributed by atoms with Crippen molar-refractivity contribution in [2.45, 2.75) is 44.9 Å². The van der Waals surface area contributed by atoms with Crippen LogP contribution in [0.4, 0.5) is 0 Å². The Hall–Kier alpha value is -0.570. The van der Waals surface area contributed by atoms with Gasteiger partial charge in [-0.25, -0.2) is 0 Å². The molecule has 3 nitrogen and oxygen atoms in total. The highest BCUT2D eigenvalue weighted by molar-refractivity contribution is 5.85. The average Bonchev–Trinajstić information content (AvgIpc) is 2.90. The number of hydrogen-bond acceptors (Lipinski definition) is 2. The van der Waals surface area contributed by atoms with Gasteiger partial charge in [-0.15, -0.1) is 0 Å². The second kappa shape index (κ2) is 4.52. The lowest BCUT2D eigenvalue weighted by molar-refractivity contribution is -0.126. The summed E-state index contributed by atoms with van der Waals surface area (Å²) in [6.07, 6.45) is 8.61. The maximum atomic E-state index is 11.7. The smallest absolute Gasteiger partial charge is 0.227 e. The van der Waals surface area contributed by atoms with Crippen LogP contribution in [-0.4, -0.2) is 19.0 Å². The quantitative estimate of drug-likeness (QED) is 0.721. The van der Waals surface area contributed by atoms with E-state index in [0.29, 0.717) is 6.54 Å². The van der Waals surface area contributed by atoms with Crippen molar-refractivity contribution in [2.75, 3.05) is 13.1 Å². The molecule has 0 aromatic rings. The van der Waals surface area contributed by atoms with Gasteiger partial charge in [-0.3, -0.25) is 4.79 Å². The topological polar surface area (TPSA) is 55.1 Å². The molecule has 0 saturated heterocycles. The fourth-order valence-electron chi connectivity index (χ4n) is 2.55. The van der Waals surface area contributed by atoms with E-state index in [-0.39, 0.29) is 11.3 Å². The van der Waals surface area contributed by atoms with E-state index in [2.05, 4.69) is 5.32 Å². The number of carbonyl (C=O) groups excluding carboxylic acids is 1. The van der Waals surface area contributed by atoms with Crippen LogP contribution in [0, 0.1) is 11.3 Å². The number of carbonyl (C=O) groups is 1. The fourth-order valence-corrected chi connectivity index (χ4v) is 2.55. The van der Waals surface area contributed by atoms with Crippen LogP contribution in [0.5, 0.6) is 0 Å². The molecular weight excluding hydrogens is 188 g/mol. The summed E-state index contributed by atoms with van der Waals surface area (Å²) in [4.78, 5) is 11.7. The van der Waals surface area contributed by atoms with Crippen molar-refractivity contribution in [3.05, 3.63) is 0 Å². The lowest BCUT2D eigenvalue weighted by Gasteiger charge is -2.14. The fraction of sp³-hybridized carbons (Fsp3) is 0.917. The first-order valence-corrected chi connectivity index (χ1v) is 6.25. The molecule has 2 aliphatic carbocycles. The van der Waals surface area contributed by atoms with Gasteiger partial charge in [0, 0.05) is 13.1 Å². The van der Waals surface area contributed by atoms with E-state index in [1.165, 1.54) is 25.7 Å². The third-order valence-corrected chi connectivity index (χ3v) is 4.04. The average molecular weight is 210 g/mol. The lowest BCUT2D eigenvalue weighted by Crippen LogP contribution is -2.37. The Labute approximate surface area is 91.8 Å². The van der Waals surface area contributed by atoms with Gasteiger partial charge in [-0.05, 0) is 25.2 Å². The van der Waals surface area contributed by atoms with E-state index in [9.17, 15) is 4.79 Å². The van der Waals surface area contributed by atoms with Gasteiger partial charge < -0.3 is 11.1 Å². The zero-order chi connectivity index (χ0) is 10.7. The van der Waals surface area contributed by atoms with Crippen LogP contribution in [0.2, 0.25) is 0 Å². The van der Waals surface area contributed by atoms with Gasteiger partial charge in [0.2, 0.25) is 5.91 Å². The molecule has 0 atom stereocenters. The summed E-state index contributed by atoms with van der Waals surface area (Å²) < 4.78 is 0. The minimum absolute atomic E-state index is 0.171. The van der Waals surface area contributed by atoms with Gasteiger partial charge in [0.05, 0.1) is 5.41 Å². The molecule has 0 bridgehead atoms. The van der Waals surface area contributed by atoms with Gasteiger partial charge in [0.25, 0.3) is 0 Å². The Balaban J connectivity index is 1.63. The molecule has 1 amide bonds. The van der Waals surface area contributed by atoms with E-state index in [1.807, 2.05) is 0 Å². The Morgan fingerprint density at radius 1 is 1.33 bits per heavy atom. The Bertz CT molecular complexity index is 230. The maximum absolute atomic E-state index is 11.7. The highest BCUT2D eigenvalue weighted by Crippen LogP contribution is 2.44. The minimum Gasteiger partial charge on any atom is -0.356 e. The van der Waals surface area contributed by atoms with Crippen LogP contribution in [0.1, 0.15) is 44.9 Å². The number of amides is 1. The molecule has 3 N–H and O–H groups in total. The number of rotatable bonds is 5. The largest absolute Gasteiger partial charge is 0.356 e. The summed E-state index contributed by atoms with van der Waals surface area (Å²) in [7, 11) is 0. The molecule has 2 saturated carbocycles. The second-order valence-electron chi connectivity index (χ2n) is 5.18. The molecule has 2 aliphatic rings. The molecule has 0 radical (unpaired) electrons. The molecule has 0 aromatic carbocycles. The van der Waals surface area contributed by atoms with E-state index in [0.717, 1.165) is 31.7 Å². The summed E-state index contributed by atoms with van der Waals surface area (Å²) in [6, 6.07) is 0. The van der Waals surface area contributed by atoms with Crippen LogP contribution in [0.25, 0.3) is 0 Å². The zero-order valence-electron chi connectivity index (χ0n) is 9.43. The predicted octanol–water partition coefficient (Wildman–Crippen LogP) is 1.42. The highest BCUT2D eigenvalue weighted by Gasteiger charge is 2.48. The minimum atomic E-state index is -0.171. The second-order valence-corrected chi connectivity index (χ2v) is 5.18. The zero-order valence-corrected chi connectivity index (χ0v) is 9.43. The molecule has 0 unspecified atom stereocenters. The van der Waals surface area contributed by atoms with Crippen LogP contribution in [0.3, 0.4) is 0 Å². The Morgan fingerprint density at radius 3 is 2.53 bits per heavy atom. The van der Waals surface area contributed by atoms with Crippen LogP contribution in [0.15, 0.2) is 0 Å². The van der Waals surface area contributed by atoms with Crippen molar-refractivity contribution in [1.29, 1.82) is 0 Å². The summed E-state index contributed by atoms with van der Waals surface area (Å²) in [5.41, 5.74) is 5.43. The van der Waals surface area contributed by atoms with E-state index in [1.54, 1.807) is 0 Å². The first-order valence-electron chi connectivity index (χ1n) is 6.25. The molecule has 15 heavy (non-hydrogen) atoms. The van der Waals surface area contributed by atoms with Crippen molar-refractivity contribution >= 4 is 5.91 Å². The van der Waals surface area contributed by atoms with Crippen molar-refractivity contribution in [1.82, 2.24) is 5.32 Å².